The van der Waals surface area contributed by atoms with Gasteiger partial charge in [-0.2, -0.15) is 0 Å². The van der Waals surface area contributed by atoms with Crippen molar-refractivity contribution in [1.82, 2.24) is 0 Å². The van der Waals surface area contributed by atoms with E-state index in [0.717, 1.165) is 75.4 Å². The van der Waals surface area contributed by atoms with Crippen LogP contribution < -0.4 is 15.3 Å². The predicted molar refractivity (Wildman–Crippen MR) is 215 cm³/mol. The lowest BCUT2D eigenvalue weighted by Crippen LogP contribution is -2.33. The van der Waals surface area contributed by atoms with Crippen LogP contribution in [-0.4, -0.2) is 0 Å². The molecule has 250 valence electrons. The molecule has 0 fully saturated rings. The molecule has 10 rings (SSSR count). The van der Waals surface area contributed by atoms with Crippen molar-refractivity contribution >= 4 is 23.3 Å². The molecule has 3 aliphatic carbocycles. The SMILES string of the molecule is O=P(C1=CC=CCC1)(c1ccccc1)c1cccc(-c2cccc(-c3ccc4c(c3)Oc3ccccc3C43C4=C(C=CCC4)c4ccccc43)c2)c1. The highest BCUT2D eigenvalue weighted by atomic mass is 31.2. The summed E-state index contributed by atoms with van der Waals surface area (Å²) < 4.78 is 22.0. The highest BCUT2D eigenvalue weighted by molar-refractivity contribution is 7.82. The van der Waals surface area contributed by atoms with Gasteiger partial charge in [0.1, 0.15) is 11.5 Å². The maximum absolute atomic E-state index is 15.2. The molecule has 0 aromatic heterocycles. The molecule has 0 N–H and O–H groups in total. The Labute approximate surface area is 305 Å². The quantitative estimate of drug-likeness (QED) is 0.169. The Kier molecular flexibility index (Phi) is 7.31. The molecule has 52 heavy (non-hydrogen) atoms. The Morgan fingerprint density at radius 1 is 0.538 bits per heavy atom. The van der Waals surface area contributed by atoms with Crippen LogP contribution in [0.3, 0.4) is 0 Å². The van der Waals surface area contributed by atoms with Gasteiger partial charge in [-0.1, -0.05) is 152 Å². The Bertz CT molecular complexity index is 2590. The summed E-state index contributed by atoms with van der Waals surface area (Å²) in [7, 11) is -3.02. The number of para-hydroxylation sites is 1. The number of ether oxygens (including phenoxy) is 1. The Morgan fingerprint density at radius 3 is 2.04 bits per heavy atom. The van der Waals surface area contributed by atoms with E-state index in [9.17, 15) is 0 Å². The largest absolute Gasteiger partial charge is 0.457 e. The van der Waals surface area contributed by atoms with Crippen LogP contribution >= 0.6 is 7.14 Å². The average molecular weight is 689 g/mol. The van der Waals surface area contributed by atoms with Gasteiger partial charge in [-0.3, -0.25) is 0 Å². The molecule has 0 saturated heterocycles. The number of fused-ring (bicyclic) bond motifs is 8. The highest BCUT2D eigenvalue weighted by Gasteiger charge is 2.52. The van der Waals surface area contributed by atoms with E-state index in [1.165, 1.54) is 33.4 Å². The molecule has 2 unspecified atom stereocenters. The molecule has 2 atom stereocenters. The number of rotatable bonds is 5. The van der Waals surface area contributed by atoms with Gasteiger partial charge in [0.25, 0.3) is 0 Å². The molecule has 1 spiro atoms. The fraction of sp³-hybridized carbons (Fsp3) is 0.102. The highest BCUT2D eigenvalue weighted by Crippen LogP contribution is 2.63. The van der Waals surface area contributed by atoms with Gasteiger partial charge in [0.15, 0.2) is 7.14 Å². The number of benzene rings is 6. The van der Waals surface area contributed by atoms with E-state index in [1.54, 1.807) is 0 Å². The zero-order chi connectivity index (χ0) is 34.7. The topological polar surface area (TPSA) is 26.3 Å². The molecule has 0 saturated carbocycles. The normalized spacial score (nSPS) is 19.2. The van der Waals surface area contributed by atoms with Crippen molar-refractivity contribution in [3.63, 3.8) is 0 Å². The van der Waals surface area contributed by atoms with Crippen LogP contribution in [0.4, 0.5) is 0 Å². The van der Waals surface area contributed by atoms with Gasteiger partial charge in [-0.05, 0) is 99.8 Å². The van der Waals surface area contributed by atoms with E-state index in [-0.39, 0.29) is 0 Å². The van der Waals surface area contributed by atoms with Crippen molar-refractivity contribution in [2.24, 2.45) is 0 Å². The van der Waals surface area contributed by atoms with Crippen LogP contribution in [0.15, 0.2) is 187 Å². The van der Waals surface area contributed by atoms with Gasteiger partial charge >= 0.3 is 0 Å². The van der Waals surface area contributed by atoms with Gasteiger partial charge in [0.2, 0.25) is 0 Å². The van der Waals surface area contributed by atoms with Crippen LogP contribution in [0.5, 0.6) is 11.5 Å². The van der Waals surface area contributed by atoms with Crippen LogP contribution in [0.2, 0.25) is 0 Å². The zero-order valence-electron chi connectivity index (χ0n) is 28.8. The fourth-order valence-electron chi connectivity index (χ4n) is 9.08. The average Bonchev–Trinajstić information content (AvgIpc) is 3.52. The fourth-order valence-corrected chi connectivity index (χ4v) is 12.0. The van der Waals surface area contributed by atoms with Gasteiger partial charge < -0.3 is 9.30 Å². The van der Waals surface area contributed by atoms with Gasteiger partial charge in [-0.15, -0.1) is 0 Å². The Balaban J connectivity index is 1.08. The molecule has 3 heteroatoms. The molecule has 6 aromatic carbocycles. The standard InChI is InChI=1S/C49H37O2P/c50-52(38-18-3-1-4-19-38,39-20-5-2-6-21-39)40-22-14-17-36(32-40)34-15-13-16-35(31-34)37-29-30-46-48(33-37)51-47-28-12-11-27-45(47)49(46)43-25-9-7-23-41(43)42-24-8-10-26-44(42)49/h1-5,7-9,11-20,22-25,27-33H,6,10,21,26H2. The molecule has 0 amide bonds. The van der Waals surface area contributed by atoms with Crippen LogP contribution in [0.25, 0.3) is 27.8 Å². The first-order valence-corrected chi connectivity index (χ1v) is 20.0. The molecular formula is C49H37O2P. The van der Waals surface area contributed by atoms with Crippen LogP contribution in [0.1, 0.15) is 47.9 Å². The number of allylic oxidation sites excluding steroid dienone is 8. The van der Waals surface area contributed by atoms with Crippen molar-refractivity contribution in [1.29, 1.82) is 0 Å². The monoisotopic (exact) mass is 688 g/mol. The van der Waals surface area contributed by atoms with Crippen molar-refractivity contribution in [3.8, 4) is 33.8 Å². The zero-order valence-corrected chi connectivity index (χ0v) is 29.7. The summed E-state index contributed by atoms with van der Waals surface area (Å²) in [5.74, 6) is 1.82. The first-order chi connectivity index (χ1) is 25.7. The van der Waals surface area contributed by atoms with Crippen molar-refractivity contribution in [3.05, 3.63) is 209 Å². The second-order valence-corrected chi connectivity index (χ2v) is 17.0. The molecule has 2 nitrogen and oxygen atoms in total. The van der Waals surface area contributed by atoms with Crippen molar-refractivity contribution < 1.29 is 9.30 Å². The third-order valence-corrected chi connectivity index (χ3v) is 14.6. The second kappa shape index (κ2) is 12.2. The predicted octanol–water partition coefficient (Wildman–Crippen LogP) is 12.1. The number of hydrogen-bond donors (Lipinski definition) is 0. The Morgan fingerprint density at radius 2 is 1.21 bits per heavy atom. The minimum absolute atomic E-state index is 0.391. The van der Waals surface area contributed by atoms with Gasteiger partial charge in [0, 0.05) is 21.7 Å². The summed E-state index contributed by atoms with van der Waals surface area (Å²) in [6.45, 7) is 0. The molecule has 0 radical (unpaired) electrons. The van der Waals surface area contributed by atoms with Crippen LogP contribution in [0, 0.1) is 0 Å². The van der Waals surface area contributed by atoms with E-state index >= 15 is 4.57 Å². The first-order valence-electron chi connectivity index (χ1n) is 18.3. The lowest BCUT2D eigenvalue weighted by Gasteiger charge is -2.41. The lowest BCUT2D eigenvalue weighted by atomic mass is 9.64. The third kappa shape index (κ3) is 4.61. The molecule has 0 bridgehead atoms. The maximum Gasteiger partial charge on any atom is 0.167 e. The first kappa shape index (κ1) is 31.1. The number of hydrogen-bond acceptors (Lipinski definition) is 2. The minimum Gasteiger partial charge on any atom is -0.457 e. The summed E-state index contributed by atoms with van der Waals surface area (Å²) in [5.41, 5.74) is 11.9. The van der Waals surface area contributed by atoms with Crippen molar-refractivity contribution in [2.75, 3.05) is 0 Å². The maximum atomic E-state index is 15.2. The summed E-state index contributed by atoms with van der Waals surface area (Å²) >= 11 is 0. The van der Waals surface area contributed by atoms with E-state index in [2.05, 4.69) is 140 Å². The van der Waals surface area contributed by atoms with E-state index in [4.69, 9.17) is 4.74 Å². The Hall–Kier alpha value is -5.69. The lowest BCUT2D eigenvalue weighted by molar-refractivity contribution is 0.432. The third-order valence-electron chi connectivity index (χ3n) is 11.4. The smallest absolute Gasteiger partial charge is 0.167 e. The van der Waals surface area contributed by atoms with Crippen LogP contribution in [-0.2, 0) is 9.98 Å². The van der Waals surface area contributed by atoms with Crippen molar-refractivity contribution in [2.45, 2.75) is 31.1 Å². The summed E-state index contributed by atoms with van der Waals surface area (Å²) in [6.07, 6.45) is 14.7. The molecule has 1 heterocycles. The van der Waals surface area contributed by atoms with E-state index < -0.39 is 12.6 Å². The van der Waals surface area contributed by atoms with E-state index in [0.29, 0.717) is 0 Å². The molecule has 4 aliphatic rings. The summed E-state index contributed by atoms with van der Waals surface area (Å²) in [5, 5.41) is 2.77. The summed E-state index contributed by atoms with van der Waals surface area (Å²) in [4.78, 5) is 0. The molecular weight excluding hydrogens is 652 g/mol. The van der Waals surface area contributed by atoms with E-state index in [1.807, 2.05) is 36.4 Å². The second-order valence-electron chi connectivity index (χ2n) is 14.1. The van der Waals surface area contributed by atoms with Gasteiger partial charge in [0.05, 0.1) is 5.41 Å². The summed E-state index contributed by atoms with van der Waals surface area (Å²) in [6, 6.07) is 51.4. The molecule has 6 aromatic rings. The molecule has 1 aliphatic heterocycles. The minimum atomic E-state index is -3.02. The van der Waals surface area contributed by atoms with Gasteiger partial charge in [-0.25, -0.2) is 0 Å².